The van der Waals surface area contributed by atoms with Gasteiger partial charge in [-0.25, -0.2) is 0 Å². The summed E-state index contributed by atoms with van der Waals surface area (Å²) in [5.74, 6) is 1.25. The van der Waals surface area contributed by atoms with Gasteiger partial charge in [0.25, 0.3) is 0 Å². The second kappa shape index (κ2) is 3.08. The minimum atomic E-state index is 0.0848. The highest BCUT2D eigenvalue weighted by molar-refractivity contribution is 4.95. The molecule has 14 heavy (non-hydrogen) atoms. The maximum Gasteiger partial charge on any atom is 0.170 e. The molecular weight excluding hydrogens is 180 g/mol. The van der Waals surface area contributed by atoms with Crippen molar-refractivity contribution >= 4 is 0 Å². The topological polar surface area (TPSA) is 62.5 Å². The predicted molar refractivity (Wildman–Crippen MR) is 50.5 cm³/mol. The fourth-order valence-electron chi connectivity index (χ4n) is 2.90. The number of nitrogens with one attached hydrogen (secondary N) is 2. The highest BCUT2D eigenvalue weighted by atomic mass is 16.5. The number of hydrogen-bond acceptors (Lipinski definition) is 4. The van der Waals surface area contributed by atoms with Crippen molar-refractivity contribution in [1.82, 2.24) is 10.7 Å². The maximum atomic E-state index is 11.5. The molecule has 0 aromatic rings. The van der Waals surface area contributed by atoms with E-state index in [2.05, 4.69) is 16.0 Å². The SMILES string of the molecule is [O-][N+]1=NNC2CNCC(C3CCC3)C21. The molecule has 1 saturated heterocycles. The van der Waals surface area contributed by atoms with Crippen LogP contribution in [0.3, 0.4) is 0 Å². The van der Waals surface area contributed by atoms with Crippen LogP contribution in [0, 0.1) is 17.0 Å². The van der Waals surface area contributed by atoms with Crippen molar-refractivity contribution < 1.29 is 4.86 Å². The van der Waals surface area contributed by atoms with Gasteiger partial charge in [-0.15, -0.1) is 0 Å². The molecule has 1 saturated carbocycles. The first-order chi connectivity index (χ1) is 6.86. The molecule has 3 aliphatic rings. The summed E-state index contributed by atoms with van der Waals surface area (Å²) in [7, 11) is 0. The molecule has 3 atom stereocenters. The van der Waals surface area contributed by atoms with E-state index in [-0.39, 0.29) is 12.1 Å². The van der Waals surface area contributed by atoms with Crippen LogP contribution in [0.4, 0.5) is 0 Å². The van der Waals surface area contributed by atoms with Gasteiger partial charge in [0.1, 0.15) is 0 Å². The van der Waals surface area contributed by atoms with Crippen LogP contribution in [0.15, 0.2) is 5.22 Å². The summed E-state index contributed by atoms with van der Waals surface area (Å²) in [5.41, 5.74) is 2.92. The van der Waals surface area contributed by atoms with Gasteiger partial charge < -0.3 is 10.5 Å². The molecule has 1 aliphatic carbocycles. The predicted octanol–water partition coefficient (Wildman–Crippen LogP) is 0.224. The van der Waals surface area contributed by atoms with Gasteiger partial charge in [0, 0.05) is 19.0 Å². The van der Waals surface area contributed by atoms with E-state index in [1.807, 2.05) is 0 Å². The monoisotopic (exact) mass is 196 g/mol. The quantitative estimate of drug-likeness (QED) is 0.466. The molecular formula is C9H16N4O. The molecule has 0 bridgehead atoms. The lowest BCUT2D eigenvalue weighted by Gasteiger charge is -2.40. The van der Waals surface area contributed by atoms with Gasteiger partial charge in [-0.3, -0.25) is 0 Å². The van der Waals surface area contributed by atoms with Crippen LogP contribution < -0.4 is 10.7 Å². The molecule has 2 aliphatic heterocycles. The van der Waals surface area contributed by atoms with E-state index in [1.54, 1.807) is 0 Å². The third-order valence-electron chi connectivity index (χ3n) is 3.93. The molecule has 0 radical (unpaired) electrons. The fourth-order valence-corrected chi connectivity index (χ4v) is 2.90. The molecule has 0 spiro atoms. The molecule has 5 heteroatoms. The van der Waals surface area contributed by atoms with Crippen molar-refractivity contribution in [1.29, 1.82) is 0 Å². The Balaban J connectivity index is 1.78. The summed E-state index contributed by atoms with van der Waals surface area (Å²) in [6, 6.07) is 0.313. The van der Waals surface area contributed by atoms with Crippen LogP contribution in [0.25, 0.3) is 0 Å². The lowest BCUT2D eigenvalue weighted by Crippen LogP contribution is -2.57. The zero-order chi connectivity index (χ0) is 9.54. The molecule has 3 rings (SSSR count). The first-order valence-electron chi connectivity index (χ1n) is 5.49. The fraction of sp³-hybridized carbons (Fsp3) is 1.00. The highest BCUT2D eigenvalue weighted by Crippen LogP contribution is 2.38. The lowest BCUT2D eigenvalue weighted by atomic mass is 9.70. The third kappa shape index (κ3) is 1.11. The smallest absolute Gasteiger partial charge is 0.170 e. The highest BCUT2D eigenvalue weighted by Gasteiger charge is 2.47. The van der Waals surface area contributed by atoms with Gasteiger partial charge in [-0.1, -0.05) is 6.42 Å². The van der Waals surface area contributed by atoms with Gasteiger partial charge in [0.2, 0.25) is 0 Å². The summed E-state index contributed by atoms with van der Waals surface area (Å²) in [6.45, 7) is 1.86. The molecule has 2 heterocycles. The molecule has 0 aromatic carbocycles. The summed E-state index contributed by atoms with van der Waals surface area (Å²) >= 11 is 0. The summed E-state index contributed by atoms with van der Waals surface area (Å²) in [4.78, 5) is 0.897. The number of fused-ring (bicyclic) bond motifs is 1. The molecule has 2 fully saturated rings. The largest absolute Gasteiger partial charge is 0.696 e. The van der Waals surface area contributed by atoms with E-state index in [9.17, 15) is 5.21 Å². The maximum absolute atomic E-state index is 11.5. The Kier molecular flexibility index (Phi) is 1.87. The Morgan fingerprint density at radius 1 is 1.29 bits per heavy atom. The van der Waals surface area contributed by atoms with E-state index in [1.165, 1.54) is 19.3 Å². The van der Waals surface area contributed by atoms with Gasteiger partial charge in [0.05, 0.1) is 5.22 Å². The Morgan fingerprint density at radius 2 is 2.14 bits per heavy atom. The lowest BCUT2D eigenvalue weighted by molar-refractivity contribution is -0.566. The van der Waals surface area contributed by atoms with Crippen molar-refractivity contribution in [2.24, 2.45) is 17.1 Å². The third-order valence-corrected chi connectivity index (χ3v) is 3.93. The number of hydroxylamine groups is 1. The van der Waals surface area contributed by atoms with E-state index in [0.29, 0.717) is 5.92 Å². The Labute approximate surface area is 83.1 Å². The summed E-state index contributed by atoms with van der Waals surface area (Å²) < 4.78 is 0. The molecule has 0 aromatic heterocycles. The van der Waals surface area contributed by atoms with Crippen LogP contribution in [-0.4, -0.2) is 30.0 Å². The minimum Gasteiger partial charge on any atom is -0.696 e. The van der Waals surface area contributed by atoms with Gasteiger partial charge >= 0.3 is 0 Å². The molecule has 0 amide bonds. The number of rotatable bonds is 1. The molecule has 2 N–H and O–H groups in total. The van der Waals surface area contributed by atoms with E-state index < -0.39 is 0 Å². The molecule has 3 unspecified atom stereocenters. The van der Waals surface area contributed by atoms with Gasteiger partial charge in [0.15, 0.2) is 12.1 Å². The zero-order valence-corrected chi connectivity index (χ0v) is 8.15. The van der Waals surface area contributed by atoms with Crippen molar-refractivity contribution in [3.05, 3.63) is 5.21 Å². The van der Waals surface area contributed by atoms with E-state index in [4.69, 9.17) is 0 Å². The average Bonchev–Trinajstić information content (AvgIpc) is 2.46. The van der Waals surface area contributed by atoms with Crippen LogP contribution >= 0.6 is 0 Å². The number of piperidine rings is 1. The van der Waals surface area contributed by atoms with Gasteiger partial charge in [-0.05, 0) is 18.8 Å². The van der Waals surface area contributed by atoms with Crippen molar-refractivity contribution in [3.8, 4) is 0 Å². The summed E-state index contributed by atoms with van der Waals surface area (Å²) in [6.07, 6.45) is 3.93. The number of hydrogen-bond donors (Lipinski definition) is 2. The van der Waals surface area contributed by atoms with Crippen molar-refractivity contribution in [3.63, 3.8) is 0 Å². The van der Waals surface area contributed by atoms with Crippen molar-refractivity contribution in [2.75, 3.05) is 13.1 Å². The van der Waals surface area contributed by atoms with Crippen molar-refractivity contribution in [2.45, 2.75) is 31.3 Å². The average molecular weight is 196 g/mol. The minimum absolute atomic E-state index is 0.0848. The first kappa shape index (κ1) is 8.47. The number of nitrogens with zero attached hydrogens (tertiary/aromatic N) is 2. The zero-order valence-electron chi connectivity index (χ0n) is 8.15. The normalized spacial score (nSPS) is 42.3. The van der Waals surface area contributed by atoms with E-state index in [0.717, 1.165) is 23.9 Å². The van der Waals surface area contributed by atoms with Crippen LogP contribution in [0.1, 0.15) is 19.3 Å². The van der Waals surface area contributed by atoms with Gasteiger partial charge in [-0.2, -0.15) is 10.3 Å². The Morgan fingerprint density at radius 3 is 2.86 bits per heavy atom. The van der Waals surface area contributed by atoms with Crippen LogP contribution in [-0.2, 0) is 0 Å². The first-order valence-corrected chi connectivity index (χ1v) is 5.49. The molecule has 5 nitrogen and oxygen atoms in total. The second-order valence-corrected chi connectivity index (χ2v) is 4.64. The Hall–Kier alpha value is -0.840. The summed E-state index contributed by atoms with van der Waals surface area (Å²) in [5, 5.41) is 18.7. The standard InChI is InChI=1S/C9H16N4O/c14-13-9-7(6-2-1-3-6)4-10-5-8(9)11-12-13/h6-11H,1-5H2. The Bertz CT molecular complexity index is 264. The van der Waals surface area contributed by atoms with Crippen LogP contribution in [0.5, 0.6) is 0 Å². The van der Waals surface area contributed by atoms with Crippen LogP contribution in [0.2, 0.25) is 0 Å². The molecule has 78 valence electrons. The van der Waals surface area contributed by atoms with E-state index >= 15 is 0 Å². The second-order valence-electron chi connectivity index (χ2n) is 4.64.